The standard InChI is InChI=1S/C13H15N5O4/c1-6-8-9(22-13(2,3)21-8)12(20-6)17-4-15-7-10(14)18(19)5-16-11(7)17/h4-5,8-9,12,14,19H,1H2,2-3H3/t8-,9+,12+/m1/s1. The van der Waals surface area contributed by atoms with E-state index in [0.717, 1.165) is 6.33 Å². The van der Waals surface area contributed by atoms with Crippen LogP contribution in [0.3, 0.4) is 0 Å². The minimum atomic E-state index is -0.723. The summed E-state index contributed by atoms with van der Waals surface area (Å²) in [6.45, 7) is 7.53. The van der Waals surface area contributed by atoms with Gasteiger partial charge in [-0.2, -0.15) is 4.73 Å². The summed E-state index contributed by atoms with van der Waals surface area (Å²) in [6, 6.07) is 0. The molecule has 0 saturated carbocycles. The summed E-state index contributed by atoms with van der Waals surface area (Å²) in [5, 5.41) is 17.3. The van der Waals surface area contributed by atoms with Gasteiger partial charge >= 0.3 is 0 Å². The Labute approximate surface area is 124 Å². The Morgan fingerprint density at radius 3 is 2.86 bits per heavy atom. The third kappa shape index (κ3) is 1.69. The van der Waals surface area contributed by atoms with Gasteiger partial charge in [-0.1, -0.05) is 6.58 Å². The minimum absolute atomic E-state index is 0.152. The summed E-state index contributed by atoms with van der Waals surface area (Å²) in [6.07, 6.45) is 1.37. The van der Waals surface area contributed by atoms with Gasteiger partial charge in [-0.15, -0.1) is 0 Å². The first-order valence-electron chi connectivity index (χ1n) is 6.76. The van der Waals surface area contributed by atoms with Crippen molar-refractivity contribution in [3.05, 3.63) is 30.5 Å². The molecule has 2 aromatic rings. The Hall–Kier alpha value is -2.39. The van der Waals surface area contributed by atoms with E-state index in [-0.39, 0.29) is 23.2 Å². The number of hydrogen-bond acceptors (Lipinski definition) is 7. The SMILES string of the molecule is C=C1O[C@H](n2cnc3c(=N)n(O)cnc32)[C@H]2OC(C)(C)O[C@H]12. The van der Waals surface area contributed by atoms with Gasteiger partial charge in [0.05, 0.1) is 0 Å². The second-order valence-corrected chi connectivity index (χ2v) is 5.76. The van der Waals surface area contributed by atoms with Crippen LogP contribution in [0.25, 0.3) is 11.2 Å². The highest BCUT2D eigenvalue weighted by Gasteiger charge is 2.54. The van der Waals surface area contributed by atoms with Crippen LogP contribution in [-0.2, 0) is 14.2 Å². The van der Waals surface area contributed by atoms with Crippen LogP contribution < -0.4 is 5.49 Å². The van der Waals surface area contributed by atoms with Gasteiger partial charge in [-0.05, 0) is 13.8 Å². The number of ether oxygens (including phenoxy) is 3. The number of imidazole rings is 1. The molecule has 3 atom stereocenters. The molecule has 2 aromatic heterocycles. The smallest absolute Gasteiger partial charge is 0.207 e. The summed E-state index contributed by atoms with van der Waals surface area (Å²) in [5.41, 5.74) is 0.531. The van der Waals surface area contributed by atoms with E-state index in [9.17, 15) is 5.21 Å². The monoisotopic (exact) mass is 305 g/mol. The van der Waals surface area contributed by atoms with E-state index >= 15 is 0 Å². The molecule has 2 fully saturated rings. The van der Waals surface area contributed by atoms with E-state index in [1.807, 2.05) is 13.8 Å². The molecule has 0 spiro atoms. The summed E-state index contributed by atoms with van der Waals surface area (Å²) < 4.78 is 19.7. The molecule has 0 aromatic carbocycles. The average Bonchev–Trinajstić information content (AvgIpc) is 3.08. The molecule has 22 heavy (non-hydrogen) atoms. The largest absolute Gasteiger partial charge is 0.469 e. The molecule has 0 aliphatic carbocycles. The lowest BCUT2D eigenvalue weighted by Gasteiger charge is -2.23. The van der Waals surface area contributed by atoms with Crippen LogP contribution in [0.5, 0.6) is 0 Å². The Kier molecular flexibility index (Phi) is 2.46. The highest BCUT2D eigenvalue weighted by atomic mass is 16.8. The molecule has 2 N–H and O–H groups in total. The van der Waals surface area contributed by atoms with E-state index in [4.69, 9.17) is 19.6 Å². The van der Waals surface area contributed by atoms with E-state index in [0.29, 0.717) is 16.1 Å². The van der Waals surface area contributed by atoms with Crippen molar-refractivity contribution in [2.45, 2.75) is 38.1 Å². The second kappa shape index (κ2) is 4.08. The normalized spacial score (nSPS) is 29.7. The molecular weight excluding hydrogens is 290 g/mol. The zero-order valence-electron chi connectivity index (χ0n) is 12.1. The Balaban J connectivity index is 1.81. The predicted molar refractivity (Wildman–Crippen MR) is 71.6 cm³/mol. The maximum Gasteiger partial charge on any atom is 0.207 e. The van der Waals surface area contributed by atoms with Crippen molar-refractivity contribution in [2.24, 2.45) is 0 Å². The summed E-state index contributed by atoms with van der Waals surface area (Å²) in [5.74, 6) is -0.236. The minimum Gasteiger partial charge on any atom is -0.469 e. The molecule has 4 rings (SSSR count). The molecular formula is C13H15N5O4. The highest BCUT2D eigenvalue weighted by molar-refractivity contribution is 5.68. The number of rotatable bonds is 1. The molecule has 9 heteroatoms. The van der Waals surface area contributed by atoms with Gasteiger partial charge in [0.25, 0.3) is 0 Å². The number of aromatic nitrogens is 4. The summed E-state index contributed by atoms with van der Waals surface area (Å²) >= 11 is 0. The molecule has 2 aliphatic heterocycles. The third-order valence-electron chi connectivity index (χ3n) is 3.78. The maximum atomic E-state index is 9.48. The fourth-order valence-corrected chi connectivity index (χ4v) is 2.86. The van der Waals surface area contributed by atoms with Crippen molar-refractivity contribution >= 4 is 11.2 Å². The van der Waals surface area contributed by atoms with Gasteiger partial charge in [0.15, 0.2) is 28.5 Å². The van der Waals surface area contributed by atoms with Crippen molar-refractivity contribution in [2.75, 3.05) is 0 Å². The summed E-state index contributed by atoms with van der Waals surface area (Å²) in [7, 11) is 0. The molecule has 0 unspecified atom stereocenters. The van der Waals surface area contributed by atoms with Crippen LogP contribution in [0.4, 0.5) is 0 Å². The van der Waals surface area contributed by atoms with Crippen LogP contribution in [0.1, 0.15) is 20.1 Å². The zero-order valence-corrected chi connectivity index (χ0v) is 12.1. The van der Waals surface area contributed by atoms with Crippen LogP contribution in [0.15, 0.2) is 25.0 Å². The number of nitrogens with one attached hydrogen (secondary N) is 1. The molecule has 2 aliphatic rings. The first-order chi connectivity index (χ1) is 10.4. The van der Waals surface area contributed by atoms with Crippen LogP contribution >= 0.6 is 0 Å². The number of fused-ring (bicyclic) bond motifs is 2. The topological polar surface area (TPSA) is 107 Å². The van der Waals surface area contributed by atoms with Crippen LogP contribution in [-0.4, -0.2) is 42.5 Å². The van der Waals surface area contributed by atoms with Crippen molar-refractivity contribution in [3.8, 4) is 0 Å². The molecule has 2 saturated heterocycles. The summed E-state index contributed by atoms with van der Waals surface area (Å²) in [4.78, 5) is 8.23. The molecule has 4 heterocycles. The molecule has 0 radical (unpaired) electrons. The Bertz CT molecular complexity index is 839. The van der Waals surface area contributed by atoms with Crippen LogP contribution in [0.2, 0.25) is 0 Å². The van der Waals surface area contributed by atoms with E-state index < -0.39 is 12.0 Å². The third-order valence-corrected chi connectivity index (χ3v) is 3.78. The van der Waals surface area contributed by atoms with Gasteiger partial charge in [0.2, 0.25) is 6.23 Å². The lowest BCUT2D eigenvalue weighted by molar-refractivity contribution is -0.173. The molecule has 0 bridgehead atoms. The molecule has 116 valence electrons. The first-order valence-corrected chi connectivity index (χ1v) is 6.76. The Morgan fingerprint density at radius 1 is 1.32 bits per heavy atom. The van der Waals surface area contributed by atoms with E-state index in [2.05, 4.69) is 16.5 Å². The first kappa shape index (κ1) is 13.3. The second-order valence-electron chi connectivity index (χ2n) is 5.76. The van der Waals surface area contributed by atoms with E-state index in [1.165, 1.54) is 6.33 Å². The van der Waals surface area contributed by atoms with Gasteiger partial charge in [0, 0.05) is 0 Å². The van der Waals surface area contributed by atoms with Crippen LogP contribution in [0, 0.1) is 5.41 Å². The fraction of sp³-hybridized carbons (Fsp3) is 0.462. The molecule has 0 amide bonds. The average molecular weight is 305 g/mol. The van der Waals surface area contributed by atoms with Crippen molar-refractivity contribution in [1.82, 2.24) is 19.3 Å². The number of nitrogens with zero attached hydrogens (tertiary/aromatic N) is 4. The Morgan fingerprint density at radius 2 is 2.09 bits per heavy atom. The highest BCUT2D eigenvalue weighted by Crippen LogP contribution is 2.44. The number of hydrogen-bond donors (Lipinski definition) is 2. The maximum absolute atomic E-state index is 9.48. The van der Waals surface area contributed by atoms with E-state index in [1.54, 1.807) is 4.57 Å². The lowest BCUT2D eigenvalue weighted by Crippen LogP contribution is -2.28. The molecule has 9 nitrogen and oxygen atoms in total. The van der Waals surface area contributed by atoms with Gasteiger partial charge in [-0.25, -0.2) is 9.97 Å². The fourth-order valence-electron chi connectivity index (χ4n) is 2.86. The van der Waals surface area contributed by atoms with Gasteiger partial charge < -0.3 is 19.4 Å². The lowest BCUT2D eigenvalue weighted by atomic mass is 10.2. The van der Waals surface area contributed by atoms with Gasteiger partial charge in [0.1, 0.15) is 24.5 Å². The zero-order chi connectivity index (χ0) is 15.6. The predicted octanol–water partition coefficient (Wildman–Crippen LogP) is 0.512. The quantitative estimate of drug-likeness (QED) is 0.743. The van der Waals surface area contributed by atoms with Crippen molar-refractivity contribution in [1.29, 1.82) is 5.41 Å². The van der Waals surface area contributed by atoms with Gasteiger partial charge in [-0.3, -0.25) is 9.98 Å². The van der Waals surface area contributed by atoms with Crippen molar-refractivity contribution < 1.29 is 19.4 Å². The van der Waals surface area contributed by atoms with Crippen molar-refractivity contribution in [3.63, 3.8) is 0 Å².